The first-order chi connectivity index (χ1) is 10.1. The van der Waals surface area contributed by atoms with E-state index in [1.165, 1.54) is 0 Å². The van der Waals surface area contributed by atoms with Crippen molar-refractivity contribution in [1.29, 1.82) is 0 Å². The summed E-state index contributed by atoms with van der Waals surface area (Å²) in [5.74, 6) is 0.612. The average molecular weight is 332 g/mol. The van der Waals surface area contributed by atoms with Crippen LogP contribution in [-0.4, -0.2) is 30.3 Å². The number of benzene rings is 1. The largest absolute Gasteiger partial charge is 0.482 e. The number of hydrogen-bond donors (Lipinski definition) is 2. The molecule has 4 nitrogen and oxygen atoms in total. The first kappa shape index (κ1) is 16.4. The van der Waals surface area contributed by atoms with Crippen molar-refractivity contribution in [2.75, 3.05) is 13.2 Å². The lowest BCUT2D eigenvalue weighted by molar-refractivity contribution is -0.124. The van der Waals surface area contributed by atoms with Gasteiger partial charge in [-0.3, -0.25) is 4.79 Å². The molecule has 2 rings (SSSR count). The van der Waals surface area contributed by atoms with Crippen LogP contribution >= 0.6 is 23.2 Å². The molecule has 1 fully saturated rings. The molecule has 1 aliphatic rings. The van der Waals surface area contributed by atoms with E-state index in [0.29, 0.717) is 21.7 Å². The fraction of sp³-hybridized carbons (Fsp3) is 0.533. The molecule has 0 saturated heterocycles. The third-order valence-electron chi connectivity index (χ3n) is 3.72. The van der Waals surface area contributed by atoms with Crippen molar-refractivity contribution in [3.05, 3.63) is 28.2 Å². The summed E-state index contributed by atoms with van der Waals surface area (Å²) in [6.45, 7) is 0.150. The molecule has 1 aromatic carbocycles. The van der Waals surface area contributed by atoms with Crippen LogP contribution < -0.4 is 10.1 Å². The van der Waals surface area contributed by atoms with E-state index in [2.05, 4.69) is 5.32 Å². The number of aliphatic hydroxyl groups excluding tert-OH is 1. The summed E-state index contributed by atoms with van der Waals surface area (Å²) in [6.07, 6.45) is 3.69. The summed E-state index contributed by atoms with van der Waals surface area (Å²) >= 11 is 11.8. The van der Waals surface area contributed by atoms with Gasteiger partial charge in [0.05, 0.1) is 5.02 Å². The normalized spacial score (nSPS) is 21.9. The van der Waals surface area contributed by atoms with Crippen molar-refractivity contribution in [1.82, 2.24) is 5.32 Å². The zero-order valence-corrected chi connectivity index (χ0v) is 13.2. The molecule has 21 heavy (non-hydrogen) atoms. The highest BCUT2D eigenvalue weighted by molar-refractivity contribution is 6.34. The van der Waals surface area contributed by atoms with Gasteiger partial charge < -0.3 is 15.2 Å². The summed E-state index contributed by atoms with van der Waals surface area (Å²) in [4.78, 5) is 11.9. The van der Waals surface area contributed by atoms with Crippen LogP contribution in [0.25, 0.3) is 0 Å². The number of ether oxygens (including phenoxy) is 1. The molecule has 0 atom stereocenters. The van der Waals surface area contributed by atoms with E-state index in [4.69, 9.17) is 33.0 Å². The van der Waals surface area contributed by atoms with E-state index < -0.39 is 0 Å². The third kappa shape index (κ3) is 5.06. The van der Waals surface area contributed by atoms with Crippen LogP contribution in [0.2, 0.25) is 10.0 Å². The highest BCUT2D eigenvalue weighted by Gasteiger charge is 2.21. The Hall–Kier alpha value is -0.970. The highest BCUT2D eigenvalue weighted by Crippen LogP contribution is 2.27. The predicted octanol–water partition coefficient (Wildman–Crippen LogP) is 3.04. The Labute approximate surface area is 134 Å². The average Bonchev–Trinajstić information content (AvgIpc) is 2.49. The molecule has 1 aliphatic carbocycles. The summed E-state index contributed by atoms with van der Waals surface area (Å²) in [5, 5.41) is 13.0. The zero-order valence-electron chi connectivity index (χ0n) is 11.6. The molecule has 0 aromatic heterocycles. The highest BCUT2D eigenvalue weighted by atomic mass is 35.5. The third-order valence-corrected chi connectivity index (χ3v) is 4.27. The molecule has 0 bridgehead atoms. The molecule has 6 heteroatoms. The standard InChI is InChI=1S/C15H19Cl2NO3/c16-11-3-6-13(17)14(7-11)21-9-15(20)18-12-4-1-10(8-19)2-5-12/h3,6-7,10,12,19H,1-2,4-5,8-9H2,(H,18,20). The number of amides is 1. The minimum Gasteiger partial charge on any atom is -0.482 e. The van der Waals surface area contributed by atoms with Crippen molar-refractivity contribution in [2.45, 2.75) is 31.7 Å². The van der Waals surface area contributed by atoms with E-state index in [9.17, 15) is 4.79 Å². The van der Waals surface area contributed by atoms with Gasteiger partial charge in [0, 0.05) is 23.7 Å². The van der Waals surface area contributed by atoms with E-state index >= 15 is 0 Å². The van der Waals surface area contributed by atoms with Gasteiger partial charge in [-0.05, 0) is 43.7 Å². The van der Waals surface area contributed by atoms with E-state index in [1.54, 1.807) is 18.2 Å². The summed E-state index contributed by atoms with van der Waals surface area (Å²) in [5.41, 5.74) is 0. The molecule has 1 saturated carbocycles. The van der Waals surface area contributed by atoms with E-state index in [0.717, 1.165) is 25.7 Å². The first-order valence-corrected chi connectivity index (χ1v) is 7.82. The lowest BCUT2D eigenvalue weighted by Gasteiger charge is -2.27. The van der Waals surface area contributed by atoms with Crippen molar-refractivity contribution in [2.24, 2.45) is 5.92 Å². The Balaban J connectivity index is 1.76. The number of rotatable bonds is 5. The number of nitrogens with one attached hydrogen (secondary N) is 1. The van der Waals surface area contributed by atoms with Gasteiger partial charge in [-0.15, -0.1) is 0 Å². The fourth-order valence-electron chi connectivity index (χ4n) is 2.49. The molecule has 0 radical (unpaired) electrons. The van der Waals surface area contributed by atoms with Gasteiger partial charge in [-0.2, -0.15) is 0 Å². The molecular weight excluding hydrogens is 313 g/mol. The van der Waals surface area contributed by atoms with Crippen LogP contribution in [0.4, 0.5) is 0 Å². The lowest BCUT2D eigenvalue weighted by Crippen LogP contribution is -2.40. The maximum absolute atomic E-state index is 11.9. The molecule has 116 valence electrons. The minimum atomic E-state index is -0.168. The lowest BCUT2D eigenvalue weighted by atomic mass is 9.86. The topological polar surface area (TPSA) is 58.6 Å². The number of hydrogen-bond acceptors (Lipinski definition) is 3. The Bertz CT molecular complexity index is 488. The molecule has 0 spiro atoms. The van der Waals surface area contributed by atoms with E-state index in [-0.39, 0.29) is 25.2 Å². The van der Waals surface area contributed by atoms with Gasteiger partial charge in [-0.25, -0.2) is 0 Å². The second kappa shape index (κ2) is 7.87. The van der Waals surface area contributed by atoms with Crippen LogP contribution in [0.1, 0.15) is 25.7 Å². The molecular formula is C15H19Cl2NO3. The fourth-order valence-corrected chi connectivity index (χ4v) is 2.82. The first-order valence-electron chi connectivity index (χ1n) is 7.06. The van der Waals surface area contributed by atoms with Crippen molar-refractivity contribution < 1.29 is 14.6 Å². The maximum Gasteiger partial charge on any atom is 0.258 e. The van der Waals surface area contributed by atoms with Gasteiger partial charge >= 0.3 is 0 Å². The summed E-state index contributed by atoms with van der Waals surface area (Å²) in [7, 11) is 0. The van der Waals surface area contributed by atoms with Crippen LogP contribution in [0.15, 0.2) is 18.2 Å². The Morgan fingerprint density at radius 2 is 2.00 bits per heavy atom. The minimum absolute atomic E-state index is 0.0833. The van der Waals surface area contributed by atoms with Gasteiger partial charge in [0.25, 0.3) is 5.91 Å². The SMILES string of the molecule is O=C(COc1cc(Cl)ccc1Cl)NC1CCC(CO)CC1. The van der Waals surface area contributed by atoms with Crippen LogP contribution in [0, 0.1) is 5.92 Å². The van der Waals surface area contributed by atoms with Gasteiger partial charge in [0.1, 0.15) is 5.75 Å². The molecule has 1 aromatic rings. The Morgan fingerprint density at radius 3 is 2.67 bits per heavy atom. The second-order valence-corrected chi connectivity index (χ2v) is 6.17. The second-order valence-electron chi connectivity index (χ2n) is 5.33. The molecule has 0 aliphatic heterocycles. The monoisotopic (exact) mass is 331 g/mol. The van der Waals surface area contributed by atoms with Gasteiger partial charge in [0.2, 0.25) is 0 Å². The Morgan fingerprint density at radius 1 is 1.29 bits per heavy atom. The van der Waals surface area contributed by atoms with Crippen molar-refractivity contribution >= 4 is 29.1 Å². The predicted molar refractivity (Wildman–Crippen MR) is 82.9 cm³/mol. The molecule has 0 heterocycles. The molecule has 2 N–H and O–H groups in total. The van der Waals surface area contributed by atoms with E-state index in [1.807, 2.05) is 0 Å². The maximum atomic E-state index is 11.9. The van der Waals surface area contributed by atoms with Gasteiger partial charge in [0.15, 0.2) is 6.61 Å². The number of halogens is 2. The van der Waals surface area contributed by atoms with Crippen LogP contribution in [0.5, 0.6) is 5.75 Å². The van der Waals surface area contributed by atoms with Crippen molar-refractivity contribution in [3.63, 3.8) is 0 Å². The van der Waals surface area contributed by atoms with Crippen molar-refractivity contribution in [3.8, 4) is 5.75 Å². The summed E-state index contributed by atoms with van der Waals surface area (Å²) < 4.78 is 5.39. The smallest absolute Gasteiger partial charge is 0.258 e. The number of aliphatic hydroxyl groups is 1. The number of carbonyl (C=O) groups excluding carboxylic acids is 1. The van der Waals surface area contributed by atoms with Crippen LogP contribution in [-0.2, 0) is 4.79 Å². The summed E-state index contributed by atoms with van der Waals surface area (Å²) in [6, 6.07) is 5.05. The Kier molecular flexibility index (Phi) is 6.15. The quantitative estimate of drug-likeness (QED) is 0.871. The van der Waals surface area contributed by atoms with Crippen LogP contribution in [0.3, 0.4) is 0 Å². The number of carbonyl (C=O) groups is 1. The molecule has 1 amide bonds. The molecule has 0 unspecified atom stereocenters. The van der Waals surface area contributed by atoms with Gasteiger partial charge in [-0.1, -0.05) is 23.2 Å². The zero-order chi connectivity index (χ0) is 15.2.